The van der Waals surface area contributed by atoms with Gasteiger partial charge in [-0.1, -0.05) is 6.07 Å². The monoisotopic (exact) mass is 236 g/mol. The first-order valence-corrected chi connectivity index (χ1v) is 5.65. The van der Waals surface area contributed by atoms with Crippen LogP contribution in [0.4, 0.5) is 11.4 Å². The number of para-hydroxylation sites is 1. The maximum atomic E-state index is 11.1. The fourth-order valence-electron chi connectivity index (χ4n) is 2.13. The van der Waals surface area contributed by atoms with Crippen LogP contribution >= 0.6 is 0 Å². The van der Waals surface area contributed by atoms with Crippen LogP contribution in [0.3, 0.4) is 0 Å². The van der Waals surface area contributed by atoms with Crippen LogP contribution in [0, 0.1) is 10.1 Å². The van der Waals surface area contributed by atoms with Gasteiger partial charge in [0.1, 0.15) is 5.69 Å². The number of rotatable bonds is 4. The lowest BCUT2D eigenvalue weighted by atomic mass is 9.78. The molecule has 1 saturated carbocycles. The highest BCUT2D eigenvalue weighted by atomic mass is 16.6. The minimum absolute atomic E-state index is 0.0167. The average Bonchev–Trinajstić information content (AvgIpc) is 2.26. The SMILES string of the molecule is COc1cccc(NC2(C)CCC2)c1[N+](=O)[O-]. The van der Waals surface area contributed by atoms with E-state index in [9.17, 15) is 10.1 Å². The van der Waals surface area contributed by atoms with Crippen molar-refractivity contribution in [3.63, 3.8) is 0 Å². The lowest BCUT2D eigenvalue weighted by Gasteiger charge is -2.39. The fraction of sp³-hybridized carbons (Fsp3) is 0.500. The molecule has 92 valence electrons. The number of hydrogen-bond acceptors (Lipinski definition) is 4. The Kier molecular flexibility index (Phi) is 2.92. The Labute approximate surface area is 99.9 Å². The molecule has 0 unspecified atom stereocenters. The lowest BCUT2D eigenvalue weighted by Crippen LogP contribution is -2.41. The Morgan fingerprint density at radius 2 is 2.18 bits per heavy atom. The van der Waals surface area contributed by atoms with Crippen LogP contribution in [0.25, 0.3) is 0 Å². The summed E-state index contributed by atoms with van der Waals surface area (Å²) >= 11 is 0. The van der Waals surface area contributed by atoms with E-state index < -0.39 is 4.92 Å². The van der Waals surface area contributed by atoms with Crippen LogP contribution in [0.15, 0.2) is 18.2 Å². The van der Waals surface area contributed by atoms with Crippen molar-refractivity contribution in [2.45, 2.75) is 31.7 Å². The van der Waals surface area contributed by atoms with E-state index in [0.29, 0.717) is 11.4 Å². The van der Waals surface area contributed by atoms with Gasteiger partial charge < -0.3 is 10.1 Å². The maximum Gasteiger partial charge on any atom is 0.333 e. The number of methoxy groups -OCH3 is 1. The van der Waals surface area contributed by atoms with Gasteiger partial charge >= 0.3 is 5.69 Å². The Morgan fingerprint density at radius 1 is 1.47 bits per heavy atom. The van der Waals surface area contributed by atoms with Crippen molar-refractivity contribution in [3.05, 3.63) is 28.3 Å². The van der Waals surface area contributed by atoms with Gasteiger partial charge in [-0.15, -0.1) is 0 Å². The molecule has 1 aromatic carbocycles. The number of hydrogen-bond donors (Lipinski definition) is 1. The molecule has 1 aliphatic rings. The van der Waals surface area contributed by atoms with Gasteiger partial charge in [-0.25, -0.2) is 0 Å². The van der Waals surface area contributed by atoms with E-state index in [1.165, 1.54) is 13.5 Å². The largest absolute Gasteiger partial charge is 0.490 e. The number of anilines is 1. The van der Waals surface area contributed by atoms with Gasteiger partial charge in [0.25, 0.3) is 0 Å². The molecule has 0 aliphatic heterocycles. The molecule has 0 spiro atoms. The summed E-state index contributed by atoms with van der Waals surface area (Å²) in [5.74, 6) is 0.294. The van der Waals surface area contributed by atoms with E-state index in [1.54, 1.807) is 18.2 Å². The lowest BCUT2D eigenvalue weighted by molar-refractivity contribution is -0.384. The van der Waals surface area contributed by atoms with Crippen molar-refractivity contribution in [2.24, 2.45) is 0 Å². The van der Waals surface area contributed by atoms with Gasteiger partial charge in [0, 0.05) is 5.54 Å². The van der Waals surface area contributed by atoms with Gasteiger partial charge in [0.2, 0.25) is 0 Å². The van der Waals surface area contributed by atoms with E-state index in [-0.39, 0.29) is 11.2 Å². The molecular weight excluding hydrogens is 220 g/mol. The third kappa shape index (κ3) is 2.18. The molecule has 1 N–H and O–H groups in total. The van der Waals surface area contributed by atoms with E-state index in [1.807, 2.05) is 0 Å². The normalized spacial score (nSPS) is 17.1. The summed E-state index contributed by atoms with van der Waals surface area (Å²) in [6.45, 7) is 2.08. The smallest absolute Gasteiger partial charge is 0.333 e. The Morgan fingerprint density at radius 3 is 2.65 bits per heavy atom. The number of benzene rings is 1. The summed E-state index contributed by atoms with van der Waals surface area (Å²) in [5, 5.41) is 14.3. The standard InChI is InChI=1S/C12H16N2O3/c1-12(7-4-8-12)13-9-5-3-6-10(17-2)11(9)14(15)16/h3,5-6,13H,4,7-8H2,1-2H3. The fourth-order valence-corrected chi connectivity index (χ4v) is 2.13. The highest BCUT2D eigenvalue weighted by Crippen LogP contribution is 2.40. The van der Waals surface area contributed by atoms with Crippen LogP contribution in [0.2, 0.25) is 0 Å². The van der Waals surface area contributed by atoms with Crippen LogP contribution in [-0.2, 0) is 0 Å². The van der Waals surface area contributed by atoms with Crippen molar-refractivity contribution < 1.29 is 9.66 Å². The molecule has 2 rings (SSSR count). The molecule has 0 amide bonds. The summed E-state index contributed by atoms with van der Waals surface area (Å²) in [4.78, 5) is 10.7. The third-order valence-corrected chi connectivity index (χ3v) is 3.30. The maximum absolute atomic E-state index is 11.1. The highest BCUT2D eigenvalue weighted by Gasteiger charge is 2.34. The number of ether oxygens (including phenoxy) is 1. The van der Waals surface area contributed by atoms with Crippen molar-refractivity contribution >= 4 is 11.4 Å². The molecule has 1 aromatic rings. The Bertz CT molecular complexity index is 441. The molecule has 0 aromatic heterocycles. The first-order chi connectivity index (χ1) is 8.06. The van der Waals surface area contributed by atoms with Crippen LogP contribution in [-0.4, -0.2) is 17.6 Å². The summed E-state index contributed by atoms with van der Waals surface area (Å²) in [6, 6.07) is 5.09. The second kappa shape index (κ2) is 4.24. The summed E-state index contributed by atoms with van der Waals surface area (Å²) in [5.41, 5.74) is 0.539. The number of nitro groups is 1. The zero-order chi connectivity index (χ0) is 12.5. The highest BCUT2D eigenvalue weighted by molar-refractivity contribution is 5.69. The summed E-state index contributed by atoms with van der Waals surface area (Å²) in [6.07, 6.45) is 3.25. The van der Waals surface area contributed by atoms with Gasteiger partial charge in [0.15, 0.2) is 5.75 Å². The zero-order valence-electron chi connectivity index (χ0n) is 10.0. The van der Waals surface area contributed by atoms with Crippen LogP contribution < -0.4 is 10.1 Å². The molecule has 1 fully saturated rings. The second-order valence-corrected chi connectivity index (χ2v) is 4.65. The summed E-state index contributed by atoms with van der Waals surface area (Å²) in [7, 11) is 1.44. The Balaban J connectivity index is 2.35. The van der Waals surface area contributed by atoms with Crippen molar-refractivity contribution in [1.82, 2.24) is 0 Å². The average molecular weight is 236 g/mol. The number of nitro benzene ring substituents is 1. The second-order valence-electron chi connectivity index (χ2n) is 4.65. The molecule has 0 atom stereocenters. The molecule has 0 saturated heterocycles. The predicted molar refractivity (Wildman–Crippen MR) is 65.5 cm³/mol. The van der Waals surface area contributed by atoms with Crippen LogP contribution in [0.1, 0.15) is 26.2 Å². The third-order valence-electron chi connectivity index (χ3n) is 3.30. The Hall–Kier alpha value is -1.78. The van der Waals surface area contributed by atoms with Crippen molar-refractivity contribution in [2.75, 3.05) is 12.4 Å². The minimum Gasteiger partial charge on any atom is -0.490 e. The van der Waals surface area contributed by atoms with Gasteiger partial charge in [-0.05, 0) is 38.3 Å². The molecule has 5 nitrogen and oxygen atoms in total. The van der Waals surface area contributed by atoms with E-state index in [0.717, 1.165) is 12.8 Å². The van der Waals surface area contributed by atoms with Gasteiger partial charge in [-0.2, -0.15) is 0 Å². The van der Waals surface area contributed by atoms with Gasteiger partial charge in [0.05, 0.1) is 12.0 Å². The van der Waals surface area contributed by atoms with E-state index in [4.69, 9.17) is 4.74 Å². The predicted octanol–water partition coefficient (Wildman–Crippen LogP) is 2.96. The first kappa shape index (κ1) is 11.7. The first-order valence-electron chi connectivity index (χ1n) is 5.65. The van der Waals surface area contributed by atoms with Crippen molar-refractivity contribution in [3.8, 4) is 5.75 Å². The van der Waals surface area contributed by atoms with Crippen molar-refractivity contribution in [1.29, 1.82) is 0 Å². The molecular formula is C12H16N2O3. The molecule has 0 heterocycles. The molecule has 0 bridgehead atoms. The minimum atomic E-state index is -0.400. The zero-order valence-corrected chi connectivity index (χ0v) is 10.0. The van der Waals surface area contributed by atoms with Gasteiger partial charge in [-0.3, -0.25) is 10.1 Å². The number of nitrogens with zero attached hydrogens (tertiary/aromatic N) is 1. The number of nitrogens with one attached hydrogen (secondary N) is 1. The molecule has 17 heavy (non-hydrogen) atoms. The van der Waals surface area contributed by atoms with E-state index >= 15 is 0 Å². The molecule has 1 aliphatic carbocycles. The summed E-state index contributed by atoms with van der Waals surface area (Å²) < 4.78 is 5.03. The van der Waals surface area contributed by atoms with E-state index in [2.05, 4.69) is 12.2 Å². The quantitative estimate of drug-likeness (QED) is 0.644. The topological polar surface area (TPSA) is 64.4 Å². The molecule has 5 heteroatoms. The van der Waals surface area contributed by atoms with Crippen LogP contribution in [0.5, 0.6) is 5.75 Å². The molecule has 0 radical (unpaired) electrons.